The minimum absolute atomic E-state index is 0.259. The number of nitrogens with one attached hydrogen (secondary N) is 1. The Morgan fingerprint density at radius 3 is 1.34 bits per heavy atom. The van der Waals surface area contributed by atoms with Crippen LogP contribution in [0.2, 0.25) is 0 Å². The average Bonchev–Trinajstić information content (AvgIpc) is 3.12. The molecule has 0 aliphatic carbocycles. The highest BCUT2D eigenvalue weighted by Crippen LogP contribution is 2.16. The number of allylic oxidation sites excluding steroid dienone is 8. The maximum absolute atomic E-state index is 12.6. The summed E-state index contributed by atoms with van der Waals surface area (Å²) in [6.07, 6.45) is 53.5. The molecule has 0 heterocycles. The maximum atomic E-state index is 12.6. The van der Waals surface area contributed by atoms with E-state index in [1.165, 1.54) is 116 Å². The predicted octanol–water partition coefficient (Wildman–Crippen LogP) is 13.5. The van der Waals surface area contributed by atoms with Gasteiger partial charge in [-0.15, -0.1) is 0 Å². The van der Waals surface area contributed by atoms with Crippen LogP contribution in [0.3, 0.4) is 0 Å². The molecule has 0 saturated carbocycles. The molecule has 0 aromatic rings. The van der Waals surface area contributed by atoms with Gasteiger partial charge in [0, 0.05) is 6.42 Å². The first-order chi connectivity index (χ1) is 25.8. The van der Waals surface area contributed by atoms with Gasteiger partial charge in [-0.1, -0.05) is 210 Å². The van der Waals surface area contributed by atoms with Crippen LogP contribution in [0.25, 0.3) is 0 Å². The monoisotopic (exact) mass is 764 g/mol. The van der Waals surface area contributed by atoms with Gasteiger partial charge in [0.1, 0.15) is 0 Å². The third kappa shape index (κ3) is 41.3. The normalized spacial score (nSPS) is 13.7. The van der Waals surface area contributed by atoms with Crippen molar-refractivity contribution < 1.29 is 22.9 Å². The van der Waals surface area contributed by atoms with E-state index in [1.807, 2.05) is 0 Å². The highest BCUT2D eigenvalue weighted by molar-refractivity contribution is 7.85. The molecule has 0 fully saturated rings. The van der Waals surface area contributed by atoms with Crippen molar-refractivity contribution in [2.24, 2.45) is 0 Å². The summed E-state index contributed by atoms with van der Waals surface area (Å²) in [5.74, 6) is -0.914. The molecule has 0 rings (SSSR count). The Labute approximate surface area is 329 Å². The molecule has 1 amide bonds. The first-order valence-electron chi connectivity index (χ1n) is 22.3. The van der Waals surface area contributed by atoms with E-state index in [2.05, 4.69) is 67.8 Å². The number of rotatable bonds is 40. The fourth-order valence-electron chi connectivity index (χ4n) is 6.74. The van der Waals surface area contributed by atoms with Crippen molar-refractivity contribution in [1.29, 1.82) is 0 Å². The third-order valence-corrected chi connectivity index (χ3v) is 10.8. The van der Waals surface area contributed by atoms with Crippen LogP contribution in [0.1, 0.15) is 219 Å². The first kappa shape index (κ1) is 51.3. The van der Waals surface area contributed by atoms with Crippen molar-refractivity contribution in [2.75, 3.05) is 5.75 Å². The van der Waals surface area contributed by atoms with Crippen molar-refractivity contribution in [2.45, 2.75) is 231 Å². The topological polar surface area (TPSA) is 104 Å². The summed E-state index contributed by atoms with van der Waals surface area (Å²) >= 11 is 0. The van der Waals surface area contributed by atoms with Gasteiger partial charge in [-0.25, -0.2) is 0 Å². The minimum Gasteiger partial charge on any atom is -0.391 e. The van der Waals surface area contributed by atoms with Gasteiger partial charge in [-0.2, -0.15) is 8.42 Å². The van der Waals surface area contributed by atoms with Gasteiger partial charge >= 0.3 is 0 Å². The molecule has 0 aromatic carbocycles. The molecule has 0 aromatic heterocycles. The van der Waals surface area contributed by atoms with E-state index in [9.17, 15) is 22.9 Å². The molecule has 2 atom stereocenters. The molecule has 0 saturated heterocycles. The smallest absolute Gasteiger partial charge is 0.266 e. The molecule has 53 heavy (non-hydrogen) atoms. The van der Waals surface area contributed by atoms with Crippen LogP contribution >= 0.6 is 0 Å². The van der Waals surface area contributed by atoms with Gasteiger partial charge in [0.25, 0.3) is 10.1 Å². The molecule has 0 bridgehead atoms. The van der Waals surface area contributed by atoms with Gasteiger partial charge in [-0.3, -0.25) is 9.35 Å². The summed E-state index contributed by atoms with van der Waals surface area (Å²) in [5.41, 5.74) is 0. The van der Waals surface area contributed by atoms with Crippen LogP contribution < -0.4 is 5.32 Å². The van der Waals surface area contributed by atoms with Crippen LogP contribution in [-0.2, 0) is 14.9 Å². The molecule has 7 heteroatoms. The molecule has 0 radical (unpaired) electrons. The molecule has 0 aliphatic heterocycles. The van der Waals surface area contributed by atoms with Gasteiger partial charge in [0.2, 0.25) is 5.91 Å². The zero-order valence-corrected chi connectivity index (χ0v) is 35.5. The van der Waals surface area contributed by atoms with Crippen LogP contribution in [0.15, 0.2) is 48.6 Å². The summed E-state index contributed by atoms with van der Waals surface area (Å²) in [6.45, 7) is 4.42. The number of unbranched alkanes of at least 4 members (excludes halogenated alkanes) is 24. The van der Waals surface area contributed by atoms with E-state index in [4.69, 9.17) is 0 Å². The van der Waals surface area contributed by atoms with E-state index >= 15 is 0 Å². The van der Waals surface area contributed by atoms with Crippen molar-refractivity contribution in [3.05, 3.63) is 48.6 Å². The molecule has 2 unspecified atom stereocenters. The minimum atomic E-state index is -4.32. The third-order valence-electron chi connectivity index (χ3n) is 10.0. The van der Waals surface area contributed by atoms with Crippen molar-refractivity contribution >= 4 is 16.0 Å². The van der Waals surface area contributed by atoms with Gasteiger partial charge in [-0.05, 0) is 51.4 Å². The highest BCUT2D eigenvalue weighted by Gasteiger charge is 2.26. The lowest BCUT2D eigenvalue weighted by Gasteiger charge is -2.23. The molecule has 310 valence electrons. The summed E-state index contributed by atoms with van der Waals surface area (Å²) in [7, 11) is -4.32. The summed E-state index contributed by atoms with van der Waals surface area (Å²) in [6, 6.07) is -0.980. The van der Waals surface area contributed by atoms with E-state index in [0.29, 0.717) is 12.8 Å². The molecule has 6 nitrogen and oxygen atoms in total. The Balaban J connectivity index is 3.85. The molecular weight excluding hydrogens is 679 g/mol. The Bertz CT molecular complexity index is 1020. The number of aliphatic hydroxyl groups is 1. The Hall–Kier alpha value is -1.70. The van der Waals surface area contributed by atoms with Crippen LogP contribution in [0.4, 0.5) is 0 Å². The predicted molar refractivity (Wildman–Crippen MR) is 230 cm³/mol. The molecule has 0 aliphatic rings. The maximum Gasteiger partial charge on any atom is 0.266 e. The summed E-state index contributed by atoms with van der Waals surface area (Å²) in [4.78, 5) is 12.6. The van der Waals surface area contributed by atoms with E-state index in [0.717, 1.165) is 77.0 Å². The second-order valence-corrected chi connectivity index (χ2v) is 16.8. The quantitative estimate of drug-likeness (QED) is 0.0327. The fourth-order valence-corrected chi connectivity index (χ4v) is 7.50. The zero-order valence-electron chi connectivity index (χ0n) is 34.6. The number of carbonyl (C=O) groups is 1. The van der Waals surface area contributed by atoms with Crippen molar-refractivity contribution in [3.8, 4) is 0 Å². The van der Waals surface area contributed by atoms with Crippen molar-refractivity contribution in [3.63, 3.8) is 0 Å². The second kappa shape index (κ2) is 40.0. The highest BCUT2D eigenvalue weighted by atomic mass is 32.2. The average molecular weight is 764 g/mol. The summed E-state index contributed by atoms with van der Waals surface area (Å²) < 4.78 is 32.6. The lowest BCUT2D eigenvalue weighted by Crippen LogP contribution is -2.47. The van der Waals surface area contributed by atoms with Gasteiger partial charge in [0.05, 0.1) is 17.9 Å². The van der Waals surface area contributed by atoms with E-state index in [-0.39, 0.29) is 5.91 Å². The number of carbonyl (C=O) groups excluding carboxylic acids is 1. The Morgan fingerprint density at radius 2 is 0.906 bits per heavy atom. The fraction of sp³-hybridized carbons (Fsp3) is 0.804. The first-order valence-corrected chi connectivity index (χ1v) is 23.9. The zero-order chi connectivity index (χ0) is 38.9. The van der Waals surface area contributed by atoms with E-state index < -0.39 is 28.0 Å². The second-order valence-electron chi connectivity index (χ2n) is 15.3. The largest absolute Gasteiger partial charge is 0.391 e. The van der Waals surface area contributed by atoms with Crippen molar-refractivity contribution in [1.82, 2.24) is 5.32 Å². The lowest BCUT2D eigenvalue weighted by atomic mass is 10.0. The van der Waals surface area contributed by atoms with Gasteiger partial charge in [0.15, 0.2) is 0 Å². The Kier molecular flexibility index (Phi) is 38.7. The number of hydrogen-bond donors (Lipinski definition) is 3. The van der Waals surface area contributed by atoms with Crippen LogP contribution in [0.5, 0.6) is 0 Å². The molecule has 3 N–H and O–H groups in total. The number of amides is 1. The Morgan fingerprint density at radius 1 is 0.528 bits per heavy atom. The van der Waals surface area contributed by atoms with Crippen LogP contribution in [0, 0.1) is 0 Å². The number of hydrogen-bond acceptors (Lipinski definition) is 4. The van der Waals surface area contributed by atoms with Crippen LogP contribution in [-0.4, -0.2) is 41.9 Å². The van der Waals surface area contributed by atoms with E-state index in [1.54, 1.807) is 0 Å². The molecule has 0 spiro atoms. The van der Waals surface area contributed by atoms with Gasteiger partial charge < -0.3 is 10.4 Å². The summed E-state index contributed by atoms with van der Waals surface area (Å²) in [5, 5.41) is 13.4. The lowest BCUT2D eigenvalue weighted by molar-refractivity contribution is -0.122. The number of aliphatic hydroxyl groups excluding tert-OH is 1. The molecular formula is C46H85NO5S. The standard InChI is InChI=1S/C46H85NO5S/c1-3-5-7-9-11-13-15-17-19-21-23-25-27-29-31-33-35-37-39-41-45(48)44(43-53(50,51)52)47-46(49)42-40-38-36-34-32-30-28-26-24-22-20-18-16-14-12-10-8-6-4-2/h6,8,12,14,18,20,24,26,44-45,48H,3-5,7,9-11,13,15-17,19,21-23,25,27-43H2,1-2H3,(H,47,49)(H,50,51,52)/b8-6-,14-12-,20-18-,26-24-. The SMILES string of the molecule is CC/C=C\C/C=C\C/C=C\C/C=C\CCCCCCCCC(=O)NC(CS(=O)(=O)O)C(O)CCCCCCCCCCCCCCCCCCCCC.